The van der Waals surface area contributed by atoms with Gasteiger partial charge in [0, 0.05) is 29.1 Å². The Bertz CT molecular complexity index is 518. The fourth-order valence-electron chi connectivity index (χ4n) is 1.67. The van der Waals surface area contributed by atoms with Crippen LogP contribution in [0.4, 0.5) is 0 Å². The van der Waals surface area contributed by atoms with Gasteiger partial charge in [0.2, 0.25) is 5.88 Å². The molecule has 0 saturated carbocycles. The van der Waals surface area contributed by atoms with Crippen molar-refractivity contribution < 1.29 is 4.74 Å². The molecule has 2 aromatic rings. The number of halogens is 1. The van der Waals surface area contributed by atoms with Crippen LogP contribution in [0.5, 0.6) is 5.88 Å². The zero-order chi connectivity index (χ0) is 13.0. The second-order valence-electron chi connectivity index (χ2n) is 3.74. The fourth-order valence-corrected chi connectivity index (χ4v) is 3.20. The van der Waals surface area contributed by atoms with Crippen LogP contribution in [-0.2, 0) is 6.42 Å². The molecule has 6 heteroatoms. The maximum Gasteiger partial charge on any atom is 0.216 e. The summed E-state index contributed by atoms with van der Waals surface area (Å²) in [5.41, 5.74) is 0.964. The first-order valence-electron chi connectivity index (χ1n) is 5.50. The average molecular weight is 328 g/mol. The van der Waals surface area contributed by atoms with Crippen LogP contribution in [-0.4, -0.2) is 24.1 Å². The van der Waals surface area contributed by atoms with E-state index >= 15 is 0 Å². The molecular formula is C12H14BrN3OS. The summed E-state index contributed by atoms with van der Waals surface area (Å²) in [4.78, 5) is 9.56. The Hall–Kier alpha value is -0.980. The molecule has 1 unspecified atom stereocenters. The van der Waals surface area contributed by atoms with Crippen molar-refractivity contribution in [2.24, 2.45) is 0 Å². The van der Waals surface area contributed by atoms with Crippen molar-refractivity contribution in [1.82, 2.24) is 15.3 Å². The minimum atomic E-state index is 0.251. The van der Waals surface area contributed by atoms with Crippen LogP contribution in [0.2, 0.25) is 0 Å². The normalized spacial score (nSPS) is 12.4. The molecule has 2 rings (SSSR count). The van der Waals surface area contributed by atoms with Gasteiger partial charge in [0.15, 0.2) is 0 Å². The van der Waals surface area contributed by atoms with Gasteiger partial charge in [0.05, 0.1) is 10.9 Å². The molecule has 0 radical (unpaired) electrons. The highest BCUT2D eigenvalue weighted by Crippen LogP contribution is 2.29. The third-order valence-corrected chi connectivity index (χ3v) is 4.34. The Balaban J connectivity index is 2.14. The Morgan fingerprint density at radius 3 is 2.89 bits per heavy atom. The molecule has 0 amide bonds. The van der Waals surface area contributed by atoms with Crippen molar-refractivity contribution in [3.05, 3.63) is 38.9 Å². The van der Waals surface area contributed by atoms with E-state index in [1.165, 1.54) is 11.2 Å². The maximum absolute atomic E-state index is 5.10. The topological polar surface area (TPSA) is 47.0 Å². The van der Waals surface area contributed by atoms with Crippen molar-refractivity contribution in [3.8, 4) is 5.88 Å². The highest BCUT2D eigenvalue weighted by molar-refractivity contribution is 9.11. The molecule has 96 valence electrons. The molecule has 2 aromatic heterocycles. The van der Waals surface area contributed by atoms with Gasteiger partial charge in [0.25, 0.3) is 0 Å². The van der Waals surface area contributed by atoms with Crippen LogP contribution in [0, 0.1) is 0 Å². The third-order valence-electron chi connectivity index (χ3n) is 2.61. The third kappa shape index (κ3) is 3.28. The van der Waals surface area contributed by atoms with E-state index in [0.717, 1.165) is 15.9 Å². The molecule has 0 fully saturated rings. The van der Waals surface area contributed by atoms with E-state index in [0.29, 0.717) is 5.88 Å². The first-order valence-corrected chi connectivity index (χ1v) is 7.11. The molecule has 4 nitrogen and oxygen atoms in total. The summed E-state index contributed by atoms with van der Waals surface area (Å²) < 4.78 is 6.24. The summed E-state index contributed by atoms with van der Waals surface area (Å²) >= 11 is 5.21. The summed E-state index contributed by atoms with van der Waals surface area (Å²) in [6.07, 6.45) is 2.34. The Kier molecular flexibility index (Phi) is 4.68. The molecule has 0 saturated heterocycles. The second kappa shape index (κ2) is 6.26. The molecular weight excluding hydrogens is 314 g/mol. The van der Waals surface area contributed by atoms with Crippen molar-refractivity contribution in [2.45, 2.75) is 12.5 Å². The number of aromatic nitrogens is 2. The Morgan fingerprint density at radius 2 is 2.28 bits per heavy atom. The SMILES string of the molecule is CNC(Cc1cc(OC)ncn1)c1ccc(Br)s1. The molecule has 2 heterocycles. The number of rotatable bonds is 5. The largest absolute Gasteiger partial charge is 0.481 e. The quantitative estimate of drug-likeness (QED) is 0.917. The van der Waals surface area contributed by atoms with Crippen LogP contribution in [0.25, 0.3) is 0 Å². The zero-order valence-electron chi connectivity index (χ0n) is 10.2. The number of hydrogen-bond donors (Lipinski definition) is 1. The van der Waals surface area contributed by atoms with E-state index in [-0.39, 0.29) is 6.04 Å². The lowest BCUT2D eigenvalue weighted by molar-refractivity contribution is 0.395. The predicted octanol–water partition coefficient (Wildman–Crippen LogP) is 2.81. The summed E-state index contributed by atoms with van der Waals surface area (Å²) in [6.45, 7) is 0. The summed E-state index contributed by atoms with van der Waals surface area (Å²) in [7, 11) is 3.56. The lowest BCUT2D eigenvalue weighted by atomic mass is 10.1. The smallest absolute Gasteiger partial charge is 0.216 e. The van der Waals surface area contributed by atoms with Gasteiger partial charge < -0.3 is 10.1 Å². The van der Waals surface area contributed by atoms with E-state index < -0.39 is 0 Å². The van der Waals surface area contributed by atoms with E-state index in [1.807, 2.05) is 13.1 Å². The van der Waals surface area contributed by atoms with Gasteiger partial charge >= 0.3 is 0 Å². The van der Waals surface area contributed by atoms with E-state index in [4.69, 9.17) is 4.74 Å². The van der Waals surface area contributed by atoms with E-state index in [1.54, 1.807) is 18.4 Å². The molecule has 1 atom stereocenters. The van der Waals surface area contributed by atoms with Gasteiger partial charge in [-0.2, -0.15) is 0 Å². The number of ether oxygens (including phenoxy) is 1. The average Bonchev–Trinajstić information content (AvgIpc) is 2.82. The molecule has 0 aliphatic rings. The maximum atomic E-state index is 5.10. The number of nitrogens with one attached hydrogen (secondary N) is 1. The molecule has 0 aromatic carbocycles. The summed E-state index contributed by atoms with van der Waals surface area (Å²) in [6, 6.07) is 6.30. The monoisotopic (exact) mass is 327 g/mol. The van der Waals surface area contributed by atoms with Gasteiger partial charge in [-0.15, -0.1) is 11.3 Å². The first kappa shape index (κ1) is 13.5. The molecule has 0 bridgehead atoms. The van der Waals surface area contributed by atoms with Crippen molar-refractivity contribution in [1.29, 1.82) is 0 Å². The van der Waals surface area contributed by atoms with Crippen LogP contribution in [0.1, 0.15) is 16.6 Å². The molecule has 18 heavy (non-hydrogen) atoms. The molecule has 0 spiro atoms. The Labute approximate surface area is 119 Å². The number of methoxy groups -OCH3 is 1. The summed E-state index contributed by atoms with van der Waals surface area (Å²) in [5, 5.41) is 3.31. The van der Waals surface area contributed by atoms with Crippen LogP contribution in [0.3, 0.4) is 0 Å². The van der Waals surface area contributed by atoms with Gasteiger partial charge in [0.1, 0.15) is 6.33 Å². The minimum absolute atomic E-state index is 0.251. The van der Waals surface area contributed by atoms with Crippen molar-refractivity contribution >= 4 is 27.3 Å². The van der Waals surface area contributed by atoms with Gasteiger partial charge in [-0.25, -0.2) is 9.97 Å². The number of hydrogen-bond acceptors (Lipinski definition) is 5. The van der Waals surface area contributed by atoms with Gasteiger partial charge in [-0.3, -0.25) is 0 Å². The fraction of sp³-hybridized carbons (Fsp3) is 0.333. The van der Waals surface area contributed by atoms with Crippen LogP contribution < -0.4 is 10.1 Å². The predicted molar refractivity (Wildman–Crippen MR) is 76.1 cm³/mol. The van der Waals surface area contributed by atoms with Crippen molar-refractivity contribution in [2.75, 3.05) is 14.2 Å². The van der Waals surface area contributed by atoms with Crippen LogP contribution >= 0.6 is 27.3 Å². The standard InChI is InChI=1S/C12H14BrN3OS/c1-14-9(10-3-4-11(13)18-10)5-8-6-12(17-2)16-7-15-8/h3-4,6-7,9,14H,5H2,1-2H3. The van der Waals surface area contributed by atoms with Crippen molar-refractivity contribution in [3.63, 3.8) is 0 Å². The molecule has 0 aliphatic heterocycles. The number of thiophene rings is 1. The highest BCUT2D eigenvalue weighted by atomic mass is 79.9. The van der Waals surface area contributed by atoms with Gasteiger partial charge in [-0.1, -0.05) is 0 Å². The lowest BCUT2D eigenvalue weighted by Gasteiger charge is -2.14. The van der Waals surface area contributed by atoms with Crippen LogP contribution in [0.15, 0.2) is 28.3 Å². The minimum Gasteiger partial charge on any atom is -0.481 e. The van der Waals surface area contributed by atoms with E-state index in [9.17, 15) is 0 Å². The number of likely N-dealkylation sites (N-methyl/N-ethyl adjacent to an activating group) is 1. The highest BCUT2D eigenvalue weighted by Gasteiger charge is 2.13. The molecule has 1 N–H and O–H groups in total. The second-order valence-corrected chi connectivity index (χ2v) is 6.23. The zero-order valence-corrected chi connectivity index (χ0v) is 12.6. The summed E-state index contributed by atoms with van der Waals surface area (Å²) in [5.74, 6) is 0.599. The first-order chi connectivity index (χ1) is 8.72. The van der Waals surface area contributed by atoms with Gasteiger partial charge in [-0.05, 0) is 35.1 Å². The number of nitrogens with zero attached hydrogens (tertiary/aromatic N) is 2. The lowest BCUT2D eigenvalue weighted by Crippen LogP contribution is -2.18. The Morgan fingerprint density at radius 1 is 1.44 bits per heavy atom. The van der Waals surface area contributed by atoms with E-state index in [2.05, 4.69) is 43.3 Å². The molecule has 0 aliphatic carbocycles.